The van der Waals surface area contributed by atoms with Crippen LogP contribution in [0.25, 0.3) is 0 Å². The van der Waals surface area contributed by atoms with Crippen molar-refractivity contribution in [1.82, 2.24) is 10.2 Å². The van der Waals surface area contributed by atoms with Crippen molar-refractivity contribution >= 4 is 0 Å². The lowest BCUT2D eigenvalue weighted by atomic mass is 9.66. The molecule has 1 unspecified atom stereocenters. The molecule has 0 amide bonds. The molecule has 2 saturated heterocycles. The number of rotatable bonds is 1. The molecule has 2 fully saturated rings. The molecule has 1 spiro atoms. The van der Waals surface area contributed by atoms with E-state index in [2.05, 4.69) is 17.3 Å². The van der Waals surface area contributed by atoms with Crippen LogP contribution in [-0.2, 0) is 0 Å². The zero-order valence-corrected chi connectivity index (χ0v) is 7.71. The first-order chi connectivity index (χ1) is 5.77. The molecule has 0 saturated carbocycles. The second-order valence-electron chi connectivity index (χ2n) is 4.37. The summed E-state index contributed by atoms with van der Waals surface area (Å²) in [5.41, 5.74) is 0.453. The Morgan fingerprint density at radius 3 is 2.92 bits per heavy atom. The van der Waals surface area contributed by atoms with Crippen LogP contribution in [-0.4, -0.2) is 49.8 Å². The zero-order valence-electron chi connectivity index (χ0n) is 7.71. The molecule has 2 aliphatic rings. The highest BCUT2D eigenvalue weighted by Crippen LogP contribution is 2.41. The molecule has 0 radical (unpaired) electrons. The van der Waals surface area contributed by atoms with Crippen LogP contribution in [0.2, 0.25) is 0 Å². The average Bonchev–Trinajstić information content (AvgIpc) is 2.03. The molecular weight excluding hydrogens is 152 g/mol. The molecule has 70 valence electrons. The van der Waals surface area contributed by atoms with Crippen molar-refractivity contribution in [2.75, 3.05) is 39.8 Å². The lowest BCUT2D eigenvalue weighted by molar-refractivity contribution is -0.0676. The maximum atomic E-state index is 9.22. The first-order valence-electron chi connectivity index (χ1n) is 4.77. The number of nitrogens with one attached hydrogen (secondary N) is 1. The van der Waals surface area contributed by atoms with Crippen LogP contribution < -0.4 is 5.32 Å². The molecular formula is C9H18N2O. The molecule has 1 atom stereocenters. The van der Waals surface area contributed by atoms with E-state index in [1.165, 1.54) is 19.5 Å². The molecule has 2 heterocycles. The molecule has 0 bridgehead atoms. The fraction of sp³-hybridized carbons (Fsp3) is 1.00. The van der Waals surface area contributed by atoms with Gasteiger partial charge in [0.15, 0.2) is 0 Å². The van der Waals surface area contributed by atoms with Crippen LogP contribution in [0.5, 0.6) is 0 Å². The molecule has 2 aliphatic heterocycles. The van der Waals surface area contributed by atoms with Crippen molar-refractivity contribution in [2.45, 2.75) is 6.42 Å². The van der Waals surface area contributed by atoms with E-state index in [1.54, 1.807) is 0 Å². The number of likely N-dealkylation sites (tertiary alicyclic amines) is 1. The maximum Gasteiger partial charge on any atom is 0.0477 e. The first kappa shape index (κ1) is 8.48. The summed E-state index contributed by atoms with van der Waals surface area (Å²) in [7, 11) is 2.15. The number of hydrogen-bond donors (Lipinski definition) is 2. The van der Waals surface area contributed by atoms with Gasteiger partial charge in [-0.1, -0.05) is 0 Å². The number of nitrogens with zero attached hydrogens (tertiary/aromatic N) is 1. The van der Waals surface area contributed by atoms with Gasteiger partial charge < -0.3 is 15.3 Å². The summed E-state index contributed by atoms with van der Waals surface area (Å²) in [6.45, 7) is 4.84. The highest BCUT2D eigenvalue weighted by Gasteiger charge is 2.47. The van der Waals surface area contributed by atoms with Gasteiger partial charge in [0.2, 0.25) is 0 Å². The van der Waals surface area contributed by atoms with Gasteiger partial charge in [-0.3, -0.25) is 0 Å². The van der Waals surface area contributed by atoms with E-state index in [4.69, 9.17) is 0 Å². The standard InChI is InChI=1S/C9H18N2O/c1-11-6-9(7-11)2-3-10-4-8(9)5-12/h8,10,12H,2-7H2,1H3. The summed E-state index contributed by atoms with van der Waals surface area (Å²) in [6.07, 6.45) is 1.24. The number of aliphatic hydroxyl groups excluding tert-OH is 1. The summed E-state index contributed by atoms with van der Waals surface area (Å²) in [5.74, 6) is 0.488. The zero-order chi connectivity index (χ0) is 8.60. The monoisotopic (exact) mass is 170 g/mol. The van der Waals surface area contributed by atoms with Gasteiger partial charge in [0, 0.05) is 37.6 Å². The van der Waals surface area contributed by atoms with Crippen LogP contribution in [0.15, 0.2) is 0 Å². The lowest BCUT2D eigenvalue weighted by Crippen LogP contribution is -2.63. The maximum absolute atomic E-state index is 9.22. The van der Waals surface area contributed by atoms with Crippen molar-refractivity contribution in [1.29, 1.82) is 0 Å². The van der Waals surface area contributed by atoms with E-state index in [1.807, 2.05) is 0 Å². The van der Waals surface area contributed by atoms with E-state index >= 15 is 0 Å². The Balaban J connectivity index is 2.01. The van der Waals surface area contributed by atoms with Crippen molar-refractivity contribution in [3.8, 4) is 0 Å². The Morgan fingerprint density at radius 2 is 2.33 bits per heavy atom. The van der Waals surface area contributed by atoms with E-state index in [0.717, 1.165) is 13.1 Å². The second-order valence-corrected chi connectivity index (χ2v) is 4.37. The molecule has 2 N–H and O–H groups in total. The van der Waals surface area contributed by atoms with Gasteiger partial charge in [0.05, 0.1) is 0 Å². The minimum Gasteiger partial charge on any atom is -0.396 e. The topological polar surface area (TPSA) is 35.5 Å². The average molecular weight is 170 g/mol. The molecule has 2 rings (SSSR count). The third-order valence-electron chi connectivity index (χ3n) is 3.45. The summed E-state index contributed by atoms with van der Waals surface area (Å²) in [4.78, 5) is 2.34. The van der Waals surface area contributed by atoms with Crippen LogP contribution in [0.3, 0.4) is 0 Å². The molecule has 12 heavy (non-hydrogen) atoms. The van der Waals surface area contributed by atoms with Crippen molar-refractivity contribution in [3.63, 3.8) is 0 Å². The Kier molecular flexibility index (Phi) is 2.10. The van der Waals surface area contributed by atoms with E-state index in [9.17, 15) is 5.11 Å². The van der Waals surface area contributed by atoms with E-state index in [0.29, 0.717) is 17.9 Å². The highest BCUT2D eigenvalue weighted by molar-refractivity contribution is 5.01. The predicted molar refractivity (Wildman–Crippen MR) is 48.0 cm³/mol. The highest BCUT2D eigenvalue weighted by atomic mass is 16.3. The van der Waals surface area contributed by atoms with Gasteiger partial charge in [0.1, 0.15) is 0 Å². The SMILES string of the molecule is CN1CC2(CCNCC2CO)C1. The molecule has 3 nitrogen and oxygen atoms in total. The first-order valence-corrected chi connectivity index (χ1v) is 4.77. The normalized spacial score (nSPS) is 35.0. The van der Waals surface area contributed by atoms with Crippen LogP contribution >= 0.6 is 0 Å². The third-order valence-corrected chi connectivity index (χ3v) is 3.45. The van der Waals surface area contributed by atoms with Gasteiger partial charge in [-0.05, 0) is 20.0 Å². The van der Waals surface area contributed by atoms with Crippen LogP contribution in [0.4, 0.5) is 0 Å². The third kappa shape index (κ3) is 1.16. The molecule has 0 aromatic rings. The Hall–Kier alpha value is -0.120. The summed E-state index contributed by atoms with van der Waals surface area (Å²) >= 11 is 0. The molecule has 3 heteroatoms. The summed E-state index contributed by atoms with van der Waals surface area (Å²) in [6, 6.07) is 0. The summed E-state index contributed by atoms with van der Waals surface area (Å²) in [5, 5.41) is 12.6. The fourth-order valence-corrected chi connectivity index (χ4v) is 2.74. The largest absolute Gasteiger partial charge is 0.396 e. The lowest BCUT2D eigenvalue weighted by Gasteiger charge is -2.55. The molecule has 0 aromatic carbocycles. The quantitative estimate of drug-likeness (QED) is 0.558. The van der Waals surface area contributed by atoms with Gasteiger partial charge in [-0.2, -0.15) is 0 Å². The number of hydrogen-bond acceptors (Lipinski definition) is 3. The minimum absolute atomic E-state index is 0.348. The van der Waals surface area contributed by atoms with Crippen molar-refractivity contribution < 1.29 is 5.11 Å². The Morgan fingerprint density at radius 1 is 1.58 bits per heavy atom. The van der Waals surface area contributed by atoms with Gasteiger partial charge >= 0.3 is 0 Å². The van der Waals surface area contributed by atoms with Crippen molar-refractivity contribution in [3.05, 3.63) is 0 Å². The minimum atomic E-state index is 0.348. The predicted octanol–water partition coefficient (Wildman–Crippen LogP) is -0.480. The Bertz CT molecular complexity index is 160. The second kappa shape index (κ2) is 2.98. The summed E-state index contributed by atoms with van der Waals surface area (Å²) < 4.78 is 0. The smallest absolute Gasteiger partial charge is 0.0477 e. The fourth-order valence-electron chi connectivity index (χ4n) is 2.74. The Labute approximate surface area is 73.8 Å². The van der Waals surface area contributed by atoms with Gasteiger partial charge in [-0.25, -0.2) is 0 Å². The van der Waals surface area contributed by atoms with Gasteiger partial charge in [0.25, 0.3) is 0 Å². The number of piperidine rings is 1. The molecule has 0 aromatic heterocycles. The van der Waals surface area contributed by atoms with Crippen molar-refractivity contribution in [2.24, 2.45) is 11.3 Å². The van der Waals surface area contributed by atoms with E-state index < -0.39 is 0 Å². The molecule has 0 aliphatic carbocycles. The van der Waals surface area contributed by atoms with Crippen LogP contribution in [0.1, 0.15) is 6.42 Å². The van der Waals surface area contributed by atoms with Gasteiger partial charge in [-0.15, -0.1) is 0 Å². The van der Waals surface area contributed by atoms with Crippen LogP contribution in [0, 0.1) is 11.3 Å². The van der Waals surface area contributed by atoms with E-state index in [-0.39, 0.29) is 0 Å². The number of aliphatic hydroxyl groups is 1.